The number of aromatic nitrogens is 1. The van der Waals surface area contributed by atoms with Crippen LogP contribution >= 0.6 is 0 Å². The average molecular weight is 413 g/mol. The van der Waals surface area contributed by atoms with E-state index in [0.29, 0.717) is 25.3 Å². The fraction of sp³-hybridized carbons (Fsp3) is 0.722. The van der Waals surface area contributed by atoms with E-state index in [-0.39, 0.29) is 53.4 Å². The summed E-state index contributed by atoms with van der Waals surface area (Å²) in [5, 5.41) is 3.72. The Kier molecular flexibility index (Phi) is 5.30. The Labute approximate surface area is 165 Å². The Morgan fingerprint density at radius 2 is 1.75 bits per heavy atom. The van der Waals surface area contributed by atoms with E-state index in [9.17, 15) is 18.0 Å². The van der Waals surface area contributed by atoms with Crippen LogP contribution in [0.2, 0.25) is 0 Å². The van der Waals surface area contributed by atoms with Crippen molar-refractivity contribution in [3.63, 3.8) is 0 Å². The molecule has 2 aliphatic rings. The number of nitrogens with zero attached hydrogens (tertiary/aromatic N) is 4. The van der Waals surface area contributed by atoms with E-state index < -0.39 is 10.0 Å². The zero-order valence-corrected chi connectivity index (χ0v) is 17.9. The molecular weight excluding hydrogens is 384 g/mol. The Hall–Kier alpha value is -1.94. The molecule has 0 spiro atoms. The van der Waals surface area contributed by atoms with Crippen molar-refractivity contribution in [2.24, 2.45) is 5.92 Å². The standard InChI is InChI=1S/C18H28N4O5S/c1-12-16(13(2)27-19-12)28(25,26)21-8-6-20(7-9-21)17(24)14-10-15(23)22(11-14)18(3,4)5/h14H,6-11H2,1-5H3. The summed E-state index contributed by atoms with van der Waals surface area (Å²) < 4.78 is 32.1. The molecule has 0 N–H and O–H groups in total. The van der Waals surface area contributed by atoms with E-state index >= 15 is 0 Å². The lowest BCUT2D eigenvalue weighted by Gasteiger charge is -2.35. The summed E-state index contributed by atoms with van der Waals surface area (Å²) in [5.41, 5.74) is 0.0236. The van der Waals surface area contributed by atoms with Crippen LogP contribution in [0.25, 0.3) is 0 Å². The highest BCUT2D eigenvalue weighted by Gasteiger charge is 2.42. The number of amides is 2. The van der Waals surface area contributed by atoms with Crippen molar-refractivity contribution in [1.82, 2.24) is 19.3 Å². The summed E-state index contributed by atoms with van der Waals surface area (Å²) >= 11 is 0. The van der Waals surface area contributed by atoms with Crippen molar-refractivity contribution >= 4 is 21.8 Å². The second-order valence-electron chi connectivity index (χ2n) is 8.46. The summed E-state index contributed by atoms with van der Waals surface area (Å²) in [6, 6.07) is 0. The maximum atomic E-state index is 12.9. The largest absolute Gasteiger partial charge is 0.360 e. The molecule has 1 atom stereocenters. The lowest BCUT2D eigenvalue weighted by molar-refractivity contribution is -0.137. The van der Waals surface area contributed by atoms with Gasteiger partial charge in [-0.1, -0.05) is 5.16 Å². The Balaban J connectivity index is 1.64. The van der Waals surface area contributed by atoms with Gasteiger partial charge in [-0.2, -0.15) is 4.31 Å². The van der Waals surface area contributed by atoms with Crippen LogP contribution in [0.3, 0.4) is 0 Å². The fourth-order valence-electron chi connectivity index (χ4n) is 3.90. The third-order valence-electron chi connectivity index (χ3n) is 5.40. The van der Waals surface area contributed by atoms with Gasteiger partial charge in [0.2, 0.25) is 21.8 Å². The highest BCUT2D eigenvalue weighted by molar-refractivity contribution is 7.89. The number of carbonyl (C=O) groups excluding carboxylic acids is 2. The van der Waals surface area contributed by atoms with Crippen LogP contribution in [0, 0.1) is 19.8 Å². The van der Waals surface area contributed by atoms with Crippen LogP contribution in [0.1, 0.15) is 38.6 Å². The average Bonchev–Trinajstić information content (AvgIpc) is 3.16. The summed E-state index contributed by atoms with van der Waals surface area (Å²) in [5.74, 6) is -0.180. The molecule has 156 valence electrons. The molecule has 0 saturated carbocycles. The molecule has 2 aliphatic heterocycles. The number of rotatable bonds is 3. The SMILES string of the molecule is Cc1noc(C)c1S(=O)(=O)N1CCN(C(=O)C2CC(=O)N(C(C)(C)C)C2)CC1. The van der Waals surface area contributed by atoms with E-state index in [4.69, 9.17) is 4.52 Å². The van der Waals surface area contributed by atoms with Gasteiger partial charge in [0.15, 0.2) is 5.76 Å². The predicted octanol–water partition coefficient (Wildman–Crippen LogP) is 0.771. The Bertz CT molecular complexity index is 859. The molecule has 0 radical (unpaired) electrons. The van der Waals surface area contributed by atoms with Crippen molar-refractivity contribution < 1.29 is 22.5 Å². The third kappa shape index (κ3) is 3.67. The maximum absolute atomic E-state index is 12.9. The number of sulfonamides is 1. The van der Waals surface area contributed by atoms with E-state index in [1.165, 1.54) is 4.31 Å². The highest BCUT2D eigenvalue weighted by atomic mass is 32.2. The molecule has 2 saturated heterocycles. The number of aryl methyl sites for hydroxylation is 2. The lowest BCUT2D eigenvalue weighted by Crippen LogP contribution is -2.52. The van der Waals surface area contributed by atoms with Crippen molar-refractivity contribution in [3.05, 3.63) is 11.5 Å². The molecule has 2 amide bonds. The number of piperazine rings is 1. The minimum Gasteiger partial charge on any atom is -0.360 e. The molecule has 3 heterocycles. The number of hydrogen-bond acceptors (Lipinski definition) is 6. The fourth-order valence-corrected chi connectivity index (χ4v) is 5.61. The first kappa shape index (κ1) is 20.8. The molecule has 0 bridgehead atoms. The van der Waals surface area contributed by atoms with E-state index in [0.717, 1.165) is 0 Å². The lowest BCUT2D eigenvalue weighted by atomic mass is 10.1. The quantitative estimate of drug-likeness (QED) is 0.726. The van der Waals surface area contributed by atoms with Crippen LogP contribution in [0.4, 0.5) is 0 Å². The second kappa shape index (κ2) is 7.14. The maximum Gasteiger partial charge on any atom is 0.248 e. The van der Waals surface area contributed by atoms with Crippen molar-refractivity contribution in [2.75, 3.05) is 32.7 Å². The van der Waals surface area contributed by atoms with Gasteiger partial charge in [-0.05, 0) is 34.6 Å². The van der Waals surface area contributed by atoms with Crippen LogP contribution in [0.5, 0.6) is 0 Å². The molecule has 10 heteroatoms. The van der Waals surface area contributed by atoms with Crippen molar-refractivity contribution in [2.45, 2.75) is 51.5 Å². The highest BCUT2D eigenvalue weighted by Crippen LogP contribution is 2.28. The minimum absolute atomic E-state index is 0.00882. The molecule has 2 fully saturated rings. The van der Waals surface area contributed by atoms with Crippen molar-refractivity contribution in [3.8, 4) is 0 Å². The van der Waals surface area contributed by atoms with Gasteiger partial charge < -0.3 is 14.3 Å². The normalized spacial score (nSPS) is 22.2. The topological polar surface area (TPSA) is 104 Å². The number of carbonyl (C=O) groups is 2. The van der Waals surface area contributed by atoms with Gasteiger partial charge in [0.05, 0.1) is 5.92 Å². The van der Waals surface area contributed by atoms with Gasteiger partial charge in [-0.3, -0.25) is 9.59 Å². The van der Waals surface area contributed by atoms with Gasteiger partial charge in [0.25, 0.3) is 0 Å². The Morgan fingerprint density at radius 3 is 2.21 bits per heavy atom. The smallest absolute Gasteiger partial charge is 0.248 e. The van der Waals surface area contributed by atoms with Gasteiger partial charge >= 0.3 is 0 Å². The molecule has 9 nitrogen and oxygen atoms in total. The van der Waals surface area contributed by atoms with E-state index in [1.54, 1.807) is 23.6 Å². The Morgan fingerprint density at radius 1 is 1.14 bits per heavy atom. The molecule has 1 aromatic heterocycles. The second-order valence-corrected chi connectivity index (χ2v) is 10.3. The monoisotopic (exact) mass is 412 g/mol. The summed E-state index contributed by atoms with van der Waals surface area (Å²) in [6.45, 7) is 10.5. The zero-order chi connectivity index (χ0) is 20.9. The van der Waals surface area contributed by atoms with Crippen molar-refractivity contribution in [1.29, 1.82) is 0 Å². The molecule has 3 rings (SSSR count). The van der Waals surface area contributed by atoms with E-state index in [1.807, 2.05) is 20.8 Å². The van der Waals surface area contributed by atoms with Crippen LogP contribution < -0.4 is 0 Å². The summed E-state index contributed by atoms with van der Waals surface area (Å²) in [4.78, 5) is 28.6. The zero-order valence-electron chi connectivity index (χ0n) is 17.1. The third-order valence-corrected chi connectivity index (χ3v) is 7.54. The molecular formula is C18H28N4O5S. The van der Waals surface area contributed by atoms with Crippen LogP contribution in [-0.4, -0.2) is 77.8 Å². The van der Waals surface area contributed by atoms with Gasteiger partial charge in [-0.15, -0.1) is 0 Å². The number of likely N-dealkylation sites (tertiary alicyclic amines) is 1. The molecule has 0 aromatic carbocycles. The molecule has 0 aliphatic carbocycles. The van der Waals surface area contributed by atoms with Crippen LogP contribution in [-0.2, 0) is 19.6 Å². The van der Waals surface area contributed by atoms with Gasteiger partial charge in [0, 0.05) is 44.7 Å². The molecule has 1 unspecified atom stereocenters. The molecule has 1 aromatic rings. The van der Waals surface area contributed by atoms with Gasteiger partial charge in [0.1, 0.15) is 10.6 Å². The summed E-state index contributed by atoms with van der Waals surface area (Å²) in [7, 11) is -3.71. The minimum atomic E-state index is -3.71. The first-order valence-corrected chi connectivity index (χ1v) is 10.9. The molecule has 28 heavy (non-hydrogen) atoms. The van der Waals surface area contributed by atoms with Crippen LogP contribution in [0.15, 0.2) is 9.42 Å². The number of hydrogen-bond donors (Lipinski definition) is 0. The first-order valence-electron chi connectivity index (χ1n) is 9.45. The predicted molar refractivity (Wildman–Crippen MR) is 101 cm³/mol. The summed E-state index contributed by atoms with van der Waals surface area (Å²) in [6.07, 6.45) is 0.216. The van der Waals surface area contributed by atoms with E-state index in [2.05, 4.69) is 5.16 Å². The first-order chi connectivity index (χ1) is 12.9. The van der Waals surface area contributed by atoms with Gasteiger partial charge in [-0.25, -0.2) is 8.42 Å².